The van der Waals surface area contributed by atoms with E-state index in [1.165, 1.54) is 48.7 Å². The second-order valence-electron chi connectivity index (χ2n) is 5.86. The number of hydrogen-bond donors (Lipinski definition) is 1. The molecule has 0 saturated carbocycles. The van der Waals surface area contributed by atoms with E-state index in [1.807, 2.05) is 0 Å². The molecule has 12 nitrogen and oxygen atoms in total. The van der Waals surface area contributed by atoms with Crippen LogP contribution in [0.3, 0.4) is 0 Å². The molecule has 0 saturated heterocycles. The molecule has 0 spiro atoms. The number of para-hydroxylation sites is 1. The zero-order valence-electron chi connectivity index (χ0n) is 15.5. The van der Waals surface area contributed by atoms with Crippen LogP contribution in [-0.4, -0.2) is 29.5 Å². The number of pyridine rings is 1. The van der Waals surface area contributed by atoms with Gasteiger partial charge in [0.15, 0.2) is 4.90 Å². The van der Waals surface area contributed by atoms with Gasteiger partial charge in [0.05, 0.1) is 16.1 Å². The van der Waals surface area contributed by atoms with Gasteiger partial charge in [-0.05, 0) is 29.8 Å². The van der Waals surface area contributed by atoms with E-state index in [0.29, 0.717) is 5.56 Å². The van der Waals surface area contributed by atoms with Crippen LogP contribution in [0.4, 0.5) is 17.2 Å². The van der Waals surface area contributed by atoms with Gasteiger partial charge in [-0.1, -0.05) is 24.3 Å². The van der Waals surface area contributed by atoms with E-state index >= 15 is 0 Å². The fourth-order valence-electron chi connectivity index (χ4n) is 2.37. The van der Waals surface area contributed by atoms with Gasteiger partial charge in [0.1, 0.15) is 17.8 Å². The Kier molecular flexibility index (Phi) is 6.16. The van der Waals surface area contributed by atoms with E-state index in [2.05, 4.69) is 15.5 Å². The average Bonchev–Trinajstić information content (AvgIpc) is 2.74. The van der Waals surface area contributed by atoms with Gasteiger partial charge in [-0.3, -0.25) is 25.7 Å². The Morgan fingerprint density at radius 3 is 2.45 bits per heavy atom. The molecule has 1 aromatic heterocycles. The molecule has 1 heterocycles. The SMILES string of the molecule is O=[N+]([O-])c1ccc(N/N=C\c2cccc(OS(=O)(=O)c3ccccc3[N+](=O)[O-])c2)nc1. The Labute approximate surface area is 175 Å². The fourth-order valence-corrected chi connectivity index (χ4v) is 3.46. The van der Waals surface area contributed by atoms with Crippen molar-refractivity contribution in [2.75, 3.05) is 5.43 Å². The number of hydrogen-bond acceptors (Lipinski definition) is 10. The third-order valence-corrected chi connectivity index (χ3v) is 5.04. The highest BCUT2D eigenvalue weighted by Crippen LogP contribution is 2.26. The maximum absolute atomic E-state index is 12.5. The largest absolute Gasteiger partial charge is 0.379 e. The summed E-state index contributed by atoms with van der Waals surface area (Å²) >= 11 is 0. The monoisotopic (exact) mass is 443 g/mol. The maximum atomic E-state index is 12.5. The third-order valence-electron chi connectivity index (χ3n) is 3.75. The number of nitro benzene ring substituents is 1. The number of benzene rings is 2. The Bertz CT molecular complexity index is 1260. The number of nitro groups is 2. The molecule has 0 aliphatic rings. The predicted octanol–water partition coefficient (Wildman–Crippen LogP) is 3.11. The molecule has 3 rings (SSSR count). The Hall–Kier alpha value is -4.39. The minimum atomic E-state index is -4.45. The number of nitrogens with zero attached hydrogens (tertiary/aromatic N) is 4. The summed E-state index contributed by atoms with van der Waals surface area (Å²) in [5.74, 6) is 0.184. The van der Waals surface area contributed by atoms with Crippen LogP contribution in [0, 0.1) is 20.2 Å². The van der Waals surface area contributed by atoms with Gasteiger partial charge >= 0.3 is 10.1 Å². The Balaban J connectivity index is 1.73. The van der Waals surface area contributed by atoms with E-state index < -0.39 is 30.5 Å². The molecule has 0 atom stereocenters. The van der Waals surface area contributed by atoms with Gasteiger partial charge in [0.25, 0.3) is 11.4 Å². The van der Waals surface area contributed by atoms with Crippen molar-refractivity contribution in [2.45, 2.75) is 4.90 Å². The van der Waals surface area contributed by atoms with Gasteiger partial charge < -0.3 is 4.18 Å². The van der Waals surface area contributed by atoms with E-state index in [9.17, 15) is 28.6 Å². The summed E-state index contributed by atoms with van der Waals surface area (Å²) < 4.78 is 30.0. The van der Waals surface area contributed by atoms with E-state index in [4.69, 9.17) is 4.18 Å². The Morgan fingerprint density at radius 2 is 1.77 bits per heavy atom. The first kappa shape index (κ1) is 21.3. The van der Waals surface area contributed by atoms with Gasteiger partial charge in [0, 0.05) is 12.1 Å². The second kappa shape index (κ2) is 8.96. The summed E-state index contributed by atoms with van der Waals surface area (Å²) in [5.41, 5.74) is 2.26. The molecule has 1 N–H and O–H groups in total. The highest BCUT2D eigenvalue weighted by molar-refractivity contribution is 7.87. The van der Waals surface area contributed by atoms with Crippen molar-refractivity contribution in [3.05, 3.63) is 92.7 Å². The lowest BCUT2D eigenvalue weighted by Crippen LogP contribution is -2.12. The zero-order valence-corrected chi connectivity index (χ0v) is 16.3. The number of aromatic nitrogens is 1. The highest BCUT2D eigenvalue weighted by Gasteiger charge is 2.27. The van der Waals surface area contributed by atoms with Crippen molar-refractivity contribution in [3.8, 4) is 5.75 Å². The third kappa shape index (κ3) is 5.36. The molecular weight excluding hydrogens is 430 g/mol. The first-order chi connectivity index (χ1) is 14.8. The predicted molar refractivity (Wildman–Crippen MR) is 109 cm³/mol. The van der Waals surface area contributed by atoms with E-state index in [-0.39, 0.29) is 17.3 Å². The van der Waals surface area contributed by atoms with Gasteiger partial charge in [0.2, 0.25) is 0 Å². The first-order valence-corrected chi connectivity index (χ1v) is 9.84. The van der Waals surface area contributed by atoms with Gasteiger partial charge in [-0.15, -0.1) is 0 Å². The Morgan fingerprint density at radius 1 is 1.00 bits per heavy atom. The lowest BCUT2D eigenvalue weighted by Gasteiger charge is -2.08. The summed E-state index contributed by atoms with van der Waals surface area (Å²) in [6.45, 7) is 0. The summed E-state index contributed by atoms with van der Waals surface area (Å²) in [4.78, 5) is 23.6. The standard InChI is InChI=1S/C18H13N5O7S/c24-22(25)14-8-9-18(19-12-14)21-20-11-13-4-3-5-15(10-13)30-31(28,29)17-7-2-1-6-16(17)23(26)27/h1-12H,(H,19,21)/b20-11-. The molecule has 0 aliphatic carbocycles. The van der Waals surface area contributed by atoms with Crippen molar-refractivity contribution < 1.29 is 22.4 Å². The van der Waals surface area contributed by atoms with Crippen molar-refractivity contribution in [1.82, 2.24) is 4.98 Å². The molecule has 0 amide bonds. The molecule has 0 radical (unpaired) electrons. The average molecular weight is 443 g/mol. The van der Waals surface area contributed by atoms with E-state index in [1.54, 1.807) is 6.07 Å². The number of rotatable bonds is 8. The topological polar surface area (TPSA) is 167 Å². The van der Waals surface area contributed by atoms with Crippen LogP contribution in [0.25, 0.3) is 0 Å². The molecule has 0 unspecified atom stereocenters. The van der Waals surface area contributed by atoms with Crippen LogP contribution in [0.2, 0.25) is 0 Å². The maximum Gasteiger partial charge on any atom is 0.346 e. The molecule has 0 bridgehead atoms. The molecule has 0 aliphatic heterocycles. The van der Waals surface area contributed by atoms with Crippen LogP contribution < -0.4 is 9.61 Å². The molecule has 31 heavy (non-hydrogen) atoms. The molecule has 3 aromatic rings. The van der Waals surface area contributed by atoms with Gasteiger partial charge in [-0.25, -0.2) is 4.98 Å². The fraction of sp³-hybridized carbons (Fsp3) is 0. The van der Waals surface area contributed by atoms with Crippen LogP contribution in [0.5, 0.6) is 5.75 Å². The zero-order chi connectivity index (χ0) is 22.4. The first-order valence-electron chi connectivity index (χ1n) is 8.44. The minimum Gasteiger partial charge on any atom is -0.379 e. The molecule has 0 fully saturated rings. The quantitative estimate of drug-likeness (QED) is 0.238. The van der Waals surface area contributed by atoms with Crippen LogP contribution >= 0.6 is 0 Å². The summed E-state index contributed by atoms with van der Waals surface area (Å²) in [6, 6.07) is 13.3. The van der Waals surface area contributed by atoms with Crippen LogP contribution in [0.15, 0.2) is 76.9 Å². The van der Waals surface area contributed by atoms with Crippen molar-refractivity contribution in [1.29, 1.82) is 0 Å². The second-order valence-corrected chi connectivity index (χ2v) is 7.38. The van der Waals surface area contributed by atoms with E-state index in [0.717, 1.165) is 18.3 Å². The molecule has 2 aromatic carbocycles. The van der Waals surface area contributed by atoms with Crippen molar-refractivity contribution in [2.24, 2.45) is 5.10 Å². The molecule has 13 heteroatoms. The number of hydrazone groups is 1. The molecular formula is C18H13N5O7S. The lowest BCUT2D eigenvalue weighted by atomic mass is 10.2. The summed E-state index contributed by atoms with van der Waals surface area (Å²) in [6.07, 6.45) is 2.41. The smallest absolute Gasteiger partial charge is 0.346 e. The van der Waals surface area contributed by atoms with Gasteiger partial charge in [-0.2, -0.15) is 13.5 Å². The van der Waals surface area contributed by atoms with Crippen molar-refractivity contribution >= 4 is 33.5 Å². The number of anilines is 1. The van der Waals surface area contributed by atoms with Crippen LogP contribution in [0.1, 0.15) is 5.56 Å². The highest BCUT2D eigenvalue weighted by atomic mass is 32.2. The normalized spacial score (nSPS) is 11.2. The summed E-state index contributed by atoms with van der Waals surface area (Å²) in [5, 5.41) is 25.6. The number of nitrogens with one attached hydrogen (secondary N) is 1. The lowest BCUT2D eigenvalue weighted by molar-refractivity contribution is -0.387. The molecule has 158 valence electrons. The van der Waals surface area contributed by atoms with Crippen LogP contribution in [-0.2, 0) is 10.1 Å². The van der Waals surface area contributed by atoms with Crippen molar-refractivity contribution in [3.63, 3.8) is 0 Å². The minimum absolute atomic E-state index is 0.0736. The summed E-state index contributed by atoms with van der Waals surface area (Å²) in [7, 11) is -4.45.